The summed E-state index contributed by atoms with van der Waals surface area (Å²) in [5.41, 5.74) is -0.126. The number of anilines is 1. The maximum atomic E-state index is 13.4. The summed E-state index contributed by atoms with van der Waals surface area (Å²) in [6, 6.07) is 6.44. The number of hydrogen-bond donors (Lipinski definition) is 1. The van der Waals surface area contributed by atoms with Crippen molar-refractivity contribution in [2.45, 2.75) is 18.9 Å². The minimum Gasteiger partial charge on any atom is -0.388 e. The third-order valence-corrected chi connectivity index (χ3v) is 2.90. The Morgan fingerprint density at radius 3 is 2.88 bits per heavy atom. The van der Waals surface area contributed by atoms with Crippen LogP contribution in [0.2, 0.25) is 0 Å². The van der Waals surface area contributed by atoms with E-state index in [0.29, 0.717) is 25.2 Å². The topological polar surface area (TPSA) is 47.3 Å². The number of nitriles is 1. The van der Waals surface area contributed by atoms with E-state index in [1.165, 1.54) is 6.07 Å². The predicted octanol–water partition coefficient (Wildman–Crippen LogP) is 1.66. The monoisotopic (exact) mass is 220 g/mol. The smallest absolute Gasteiger partial charge is 0.143 e. The largest absolute Gasteiger partial charge is 0.388 e. The normalized spacial score (nSPS) is 24.5. The maximum absolute atomic E-state index is 13.4. The highest BCUT2D eigenvalue weighted by Crippen LogP contribution is 2.29. The second kappa shape index (κ2) is 3.76. The Balaban J connectivity index is 2.36. The van der Waals surface area contributed by atoms with Gasteiger partial charge in [-0.15, -0.1) is 0 Å². The first kappa shape index (κ1) is 10.9. The van der Waals surface area contributed by atoms with E-state index in [4.69, 9.17) is 5.26 Å². The van der Waals surface area contributed by atoms with Crippen molar-refractivity contribution in [1.82, 2.24) is 0 Å². The third-order valence-electron chi connectivity index (χ3n) is 2.90. The van der Waals surface area contributed by atoms with Gasteiger partial charge in [0.15, 0.2) is 0 Å². The molecule has 4 heteroatoms. The summed E-state index contributed by atoms with van der Waals surface area (Å²) in [6.45, 7) is 2.83. The summed E-state index contributed by atoms with van der Waals surface area (Å²) < 4.78 is 13.4. The molecule has 0 aromatic heterocycles. The third kappa shape index (κ3) is 1.86. The van der Waals surface area contributed by atoms with Gasteiger partial charge in [0.05, 0.1) is 11.3 Å². The quantitative estimate of drug-likeness (QED) is 0.783. The summed E-state index contributed by atoms with van der Waals surface area (Å²) >= 11 is 0. The molecule has 2 rings (SSSR count). The first-order valence-electron chi connectivity index (χ1n) is 5.19. The zero-order valence-electron chi connectivity index (χ0n) is 9.07. The molecule has 0 radical (unpaired) electrons. The molecule has 1 aliphatic rings. The Hall–Kier alpha value is -1.60. The van der Waals surface area contributed by atoms with Gasteiger partial charge in [0.25, 0.3) is 0 Å². The van der Waals surface area contributed by atoms with Crippen LogP contribution in [0.15, 0.2) is 18.2 Å². The Bertz CT molecular complexity index is 451. The van der Waals surface area contributed by atoms with Gasteiger partial charge in [-0.2, -0.15) is 5.26 Å². The molecule has 1 fully saturated rings. The number of aliphatic hydroxyl groups is 1. The van der Waals surface area contributed by atoms with Crippen LogP contribution in [0.25, 0.3) is 0 Å². The van der Waals surface area contributed by atoms with Gasteiger partial charge in [-0.25, -0.2) is 4.39 Å². The van der Waals surface area contributed by atoms with E-state index in [-0.39, 0.29) is 5.56 Å². The van der Waals surface area contributed by atoms with Crippen molar-refractivity contribution in [2.75, 3.05) is 18.0 Å². The Morgan fingerprint density at radius 1 is 1.56 bits per heavy atom. The molecule has 1 saturated heterocycles. The second-order valence-corrected chi connectivity index (χ2v) is 4.41. The van der Waals surface area contributed by atoms with Crippen LogP contribution in [0, 0.1) is 17.1 Å². The molecule has 1 heterocycles. The lowest BCUT2D eigenvalue weighted by Gasteiger charge is -2.21. The van der Waals surface area contributed by atoms with Gasteiger partial charge in [0.1, 0.15) is 17.4 Å². The molecule has 84 valence electrons. The van der Waals surface area contributed by atoms with Crippen molar-refractivity contribution in [2.24, 2.45) is 0 Å². The van der Waals surface area contributed by atoms with Crippen molar-refractivity contribution in [1.29, 1.82) is 5.26 Å². The summed E-state index contributed by atoms with van der Waals surface area (Å²) in [5, 5.41) is 18.8. The van der Waals surface area contributed by atoms with Crippen molar-refractivity contribution < 1.29 is 9.50 Å². The van der Waals surface area contributed by atoms with Crippen LogP contribution in [-0.2, 0) is 0 Å². The highest BCUT2D eigenvalue weighted by atomic mass is 19.1. The van der Waals surface area contributed by atoms with Crippen LogP contribution in [0.4, 0.5) is 10.1 Å². The summed E-state index contributed by atoms with van der Waals surface area (Å²) in [4.78, 5) is 1.85. The van der Waals surface area contributed by atoms with Gasteiger partial charge in [0, 0.05) is 13.1 Å². The number of nitrogens with zero attached hydrogens (tertiary/aromatic N) is 2. The SMILES string of the molecule is CC1(O)CCN(c2cccc(F)c2C#N)C1. The average Bonchev–Trinajstić information content (AvgIpc) is 2.58. The molecule has 16 heavy (non-hydrogen) atoms. The lowest BCUT2D eigenvalue weighted by Crippen LogP contribution is -2.30. The van der Waals surface area contributed by atoms with E-state index in [1.807, 2.05) is 11.0 Å². The van der Waals surface area contributed by atoms with E-state index in [1.54, 1.807) is 19.1 Å². The minimum atomic E-state index is -0.751. The number of benzene rings is 1. The summed E-state index contributed by atoms with van der Waals surface area (Å²) in [6.07, 6.45) is 0.633. The molecule has 0 saturated carbocycles. The lowest BCUT2D eigenvalue weighted by molar-refractivity contribution is 0.0839. The first-order valence-corrected chi connectivity index (χ1v) is 5.19. The molecule has 1 atom stereocenters. The van der Waals surface area contributed by atoms with Crippen LogP contribution < -0.4 is 4.90 Å². The molecule has 3 nitrogen and oxygen atoms in total. The fourth-order valence-corrected chi connectivity index (χ4v) is 2.04. The van der Waals surface area contributed by atoms with E-state index >= 15 is 0 Å². The molecule has 1 aliphatic heterocycles. The van der Waals surface area contributed by atoms with Crippen molar-refractivity contribution >= 4 is 5.69 Å². The molecule has 0 spiro atoms. The number of β-amino-alcohol motifs (C(OH)–C–C–N with tert-alkyl or cyclic N) is 1. The van der Waals surface area contributed by atoms with Crippen LogP contribution in [0.1, 0.15) is 18.9 Å². The highest BCUT2D eigenvalue weighted by Gasteiger charge is 2.32. The van der Waals surface area contributed by atoms with Crippen molar-refractivity contribution in [3.63, 3.8) is 0 Å². The van der Waals surface area contributed by atoms with Crippen molar-refractivity contribution in [3.05, 3.63) is 29.6 Å². The van der Waals surface area contributed by atoms with Gasteiger partial charge in [-0.1, -0.05) is 6.07 Å². The fraction of sp³-hybridized carbons (Fsp3) is 0.417. The molecule has 0 aliphatic carbocycles. The van der Waals surface area contributed by atoms with Gasteiger partial charge in [-0.3, -0.25) is 0 Å². The van der Waals surface area contributed by atoms with Crippen LogP contribution in [-0.4, -0.2) is 23.8 Å². The van der Waals surface area contributed by atoms with Crippen molar-refractivity contribution in [3.8, 4) is 6.07 Å². The molecule has 1 aromatic rings. The maximum Gasteiger partial charge on any atom is 0.143 e. The Morgan fingerprint density at radius 2 is 2.31 bits per heavy atom. The molecular weight excluding hydrogens is 207 g/mol. The van der Waals surface area contributed by atoms with Gasteiger partial charge in [0.2, 0.25) is 0 Å². The van der Waals surface area contributed by atoms with E-state index in [9.17, 15) is 9.50 Å². The molecule has 1 aromatic carbocycles. The highest BCUT2D eigenvalue weighted by molar-refractivity contribution is 5.60. The summed E-state index contributed by atoms with van der Waals surface area (Å²) in [7, 11) is 0. The first-order chi connectivity index (χ1) is 7.53. The van der Waals surface area contributed by atoms with Crippen LogP contribution in [0.5, 0.6) is 0 Å². The van der Waals surface area contributed by atoms with Gasteiger partial charge in [-0.05, 0) is 25.5 Å². The van der Waals surface area contributed by atoms with E-state index in [2.05, 4.69) is 0 Å². The van der Waals surface area contributed by atoms with Gasteiger partial charge < -0.3 is 10.0 Å². The Labute approximate surface area is 93.7 Å². The van der Waals surface area contributed by atoms with E-state index < -0.39 is 11.4 Å². The van der Waals surface area contributed by atoms with Crippen LogP contribution in [0.3, 0.4) is 0 Å². The Kier molecular flexibility index (Phi) is 2.56. The summed E-state index contributed by atoms with van der Waals surface area (Å²) in [5.74, 6) is -0.508. The van der Waals surface area contributed by atoms with E-state index in [0.717, 1.165) is 0 Å². The lowest BCUT2D eigenvalue weighted by atomic mass is 10.1. The molecule has 0 bridgehead atoms. The van der Waals surface area contributed by atoms with Gasteiger partial charge >= 0.3 is 0 Å². The minimum absolute atomic E-state index is 0.0557. The molecular formula is C12H13FN2O. The molecule has 1 N–H and O–H groups in total. The second-order valence-electron chi connectivity index (χ2n) is 4.41. The fourth-order valence-electron chi connectivity index (χ4n) is 2.04. The zero-order valence-corrected chi connectivity index (χ0v) is 9.07. The zero-order chi connectivity index (χ0) is 11.8. The standard InChI is InChI=1S/C12H13FN2O/c1-12(16)5-6-15(8-12)11-4-2-3-10(13)9(11)7-14/h2-4,16H,5-6,8H2,1H3. The number of rotatable bonds is 1. The molecule has 1 unspecified atom stereocenters. The number of halogens is 1. The predicted molar refractivity (Wildman–Crippen MR) is 58.6 cm³/mol. The average molecular weight is 220 g/mol. The molecule has 0 amide bonds. The van der Waals surface area contributed by atoms with Crippen LogP contribution >= 0.6 is 0 Å². The number of hydrogen-bond acceptors (Lipinski definition) is 3.